The van der Waals surface area contributed by atoms with E-state index in [1.54, 1.807) is 6.07 Å². The van der Waals surface area contributed by atoms with Crippen LogP contribution in [-0.4, -0.2) is 23.0 Å². The Labute approximate surface area is 113 Å². The summed E-state index contributed by atoms with van der Waals surface area (Å²) in [4.78, 5) is 14.8. The normalized spacial score (nSPS) is 10.5. The zero-order valence-corrected chi connectivity index (χ0v) is 11.8. The lowest BCUT2D eigenvalue weighted by Crippen LogP contribution is -2.15. The van der Waals surface area contributed by atoms with Gasteiger partial charge in [0.15, 0.2) is 0 Å². The van der Waals surface area contributed by atoms with Gasteiger partial charge in [-0.25, -0.2) is 4.98 Å². The van der Waals surface area contributed by atoms with Crippen LogP contribution in [-0.2, 0) is 0 Å². The molecule has 106 valence electrons. The lowest BCUT2D eigenvalue weighted by molar-refractivity contribution is -0.384. The average Bonchev–Trinajstić information content (AvgIpc) is 2.40. The zero-order chi connectivity index (χ0) is 14.3. The van der Waals surface area contributed by atoms with Crippen molar-refractivity contribution in [1.82, 2.24) is 4.98 Å². The van der Waals surface area contributed by atoms with Gasteiger partial charge < -0.3 is 10.6 Å². The second kappa shape index (κ2) is 7.56. The molecule has 0 aliphatic carbocycles. The fourth-order valence-electron chi connectivity index (χ4n) is 1.83. The lowest BCUT2D eigenvalue weighted by atomic mass is 10.0. The quantitative estimate of drug-likeness (QED) is 0.557. The SMILES string of the molecule is CCNc1ccc([N+](=O)[O-])c(NCC(CC)CC)n1. The third-order valence-corrected chi connectivity index (χ3v) is 3.14. The van der Waals surface area contributed by atoms with E-state index in [1.807, 2.05) is 6.92 Å². The van der Waals surface area contributed by atoms with Crippen LogP contribution in [0, 0.1) is 16.0 Å². The van der Waals surface area contributed by atoms with Gasteiger partial charge in [0.1, 0.15) is 5.82 Å². The van der Waals surface area contributed by atoms with E-state index in [1.165, 1.54) is 6.07 Å². The van der Waals surface area contributed by atoms with Gasteiger partial charge in [0, 0.05) is 19.2 Å². The van der Waals surface area contributed by atoms with Gasteiger partial charge in [0.25, 0.3) is 0 Å². The minimum absolute atomic E-state index is 0.0209. The summed E-state index contributed by atoms with van der Waals surface area (Å²) in [5.41, 5.74) is 0.0209. The Bertz CT molecular complexity index is 419. The van der Waals surface area contributed by atoms with Crippen molar-refractivity contribution in [1.29, 1.82) is 0 Å². The number of anilines is 2. The van der Waals surface area contributed by atoms with Crippen molar-refractivity contribution in [2.45, 2.75) is 33.6 Å². The van der Waals surface area contributed by atoms with Crippen LogP contribution < -0.4 is 10.6 Å². The molecule has 0 spiro atoms. The third-order valence-electron chi connectivity index (χ3n) is 3.14. The second-order valence-corrected chi connectivity index (χ2v) is 4.42. The molecule has 0 saturated carbocycles. The maximum Gasteiger partial charge on any atom is 0.311 e. The molecule has 0 bridgehead atoms. The Morgan fingerprint density at radius 3 is 2.47 bits per heavy atom. The van der Waals surface area contributed by atoms with Crippen molar-refractivity contribution >= 4 is 17.3 Å². The molecule has 6 heteroatoms. The van der Waals surface area contributed by atoms with Crippen molar-refractivity contribution in [2.24, 2.45) is 5.92 Å². The summed E-state index contributed by atoms with van der Waals surface area (Å²) in [5.74, 6) is 1.50. The molecule has 0 amide bonds. The highest BCUT2D eigenvalue weighted by Crippen LogP contribution is 2.24. The summed E-state index contributed by atoms with van der Waals surface area (Å²) in [6, 6.07) is 3.12. The molecule has 1 rings (SSSR count). The molecule has 1 aromatic heterocycles. The predicted molar refractivity (Wildman–Crippen MR) is 77.6 cm³/mol. The molecule has 1 heterocycles. The molecule has 0 aliphatic rings. The van der Waals surface area contributed by atoms with Crippen LogP contribution in [0.4, 0.5) is 17.3 Å². The van der Waals surface area contributed by atoms with E-state index in [-0.39, 0.29) is 5.69 Å². The first-order valence-corrected chi connectivity index (χ1v) is 6.75. The molecule has 2 N–H and O–H groups in total. The number of pyridine rings is 1. The Morgan fingerprint density at radius 2 is 1.95 bits per heavy atom. The highest BCUT2D eigenvalue weighted by molar-refractivity contribution is 5.60. The second-order valence-electron chi connectivity index (χ2n) is 4.42. The first-order valence-electron chi connectivity index (χ1n) is 6.75. The van der Waals surface area contributed by atoms with E-state index in [2.05, 4.69) is 29.5 Å². The molecular weight excluding hydrogens is 244 g/mol. The Balaban J connectivity index is 2.87. The van der Waals surface area contributed by atoms with Gasteiger partial charge in [0.2, 0.25) is 5.82 Å². The molecule has 0 aliphatic heterocycles. The lowest BCUT2D eigenvalue weighted by Gasteiger charge is -2.14. The topological polar surface area (TPSA) is 80.1 Å². The maximum absolute atomic E-state index is 11.0. The molecule has 0 fully saturated rings. The van der Waals surface area contributed by atoms with Gasteiger partial charge in [-0.3, -0.25) is 10.1 Å². The van der Waals surface area contributed by atoms with E-state index in [9.17, 15) is 10.1 Å². The molecule has 0 radical (unpaired) electrons. The molecule has 0 atom stereocenters. The largest absolute Gasteiger partial charge is 0.370 e. The van der Waals surface area contributed by atoms with E-state index < -0.39 is 4.92 Å². The molecule has 19 heavy (non-hydrogen) atoms. The first kappa shape index (κ1) is 15.2. The van der Waals surface area contributed by atoms with Crippen LogP contribution in [0.15, 0.2) is 12.1 Å². The fraction of sp³-hybridized carbons (Fsp3) is 0.615. The van der Waals surface area contributed by atoms with E-state index in [4.69, 9.17) is 0 Å². The molecule has 0 saturated heterocycles. The molecule has 1 aromatic rings. The summed E-state index contributed by atoms with van der Waals surface area (Å²) in [6.07, 6.45) is 2.09. The van der Waals surface area contributed by atoms with Gasteiger partial charge in [-0.15, -0.1) is 0 Å². The van der Waals surface area contributed by atoms with Crippen molar-refractivity contribution < 1.29 is 4.92 Å². The van der Waals surface area contributed by atoms with Gasteiger partial charge in [-0.2, -0.15) is 0 Å². The molecule has 6 nitrogen and oxygen atoms in total. The minimum atomic E-state index is -0.405. The monoisotopic (exact) mass is 266 g/mol. The average molecular weight is 266 g/mol. The summed E-state index contributed by atoms with van der Waals surface area (Å²) in [5, 5.41) is 17.1. The van der Waals surface area contributed by atoms with Crippen molar-refractivity contribution in [3.05, 3.63) is 22.2 Å². The van der Waals surface area contributed by atoms with Gasteiger partial charge in [0.05, 0.1) is 4.92 Å². The number of rotatable bonds is 8. The van der Waals surface area contributed by atoms with E-state index >= 15 is 0 Å². The van der Waals surface area contributed by atoms with Crippen LogP contribution in [0.25, 0.3) is 0 Å². The van der Waals surface area contributed by atoms with Crippen molar-refractivity contribution in [3.8, 4) is 0 Å². The fourth-order valence-corrected chi connectivity index (χ4v) is 1.83. The van der Waals surface area contributed by atoms with Gasteiger partial charge >= 0.3 is 5.69 Å². The van der Waals surface area contributed by atoms with Crippen molar-refractivity contribution in [2.75, 3.05) is 23.7 Å². The number of nitrogens with one attached hydrogen (secondary N) is 2. The zero-order valence-electron chi connectivity index (χ0n) is 11.8. The highest BCUT2D eigenvalue weighted by Gasteiger charge is 2.16. The highest BCUT2D eigenvalue weighted by atomic mass is 16.6. The number of nitrogens with zero attached hydrogens (tertiary/aromatic N) is 2. The van der Waals surface area contributed by atoms with E-state index in [0.29, 0.717) is 24.1 Å². The number of nitro groups is 1. The van der Waals surface area contributed by atoms with Gasteiger partial charge in [-0.05, 0) is 18.9 Å². The number of aromatic nitrogens is 1. The number of hydrogen-bond donors (Lipinski definition) is 2. The summed E-state index contributed by atoms with van der Waals surface area (Å²) >= 11 is 0. The Kier molecular flexibility index (Phi) is 6.05. The van der Waals surface area contributed by atoms with Crippen molar-refractivity contribution in [3.63, 3.8) is 0 Å². The van der Waals surface area contributed by atoms with Crippen LogP contribution in [0.2, 0.25) is 0 Å². The summed E-state index contributed by atoms with van der Waals surface area (Å²) < 4.78 is 0. The molecule has 0 aromatic carbocycles. The van der Waals surface area contributed by atoms with Crippen LogP contribution in [0.3, 0.4) is 0 Å². The minimum Gasteiger partial charge on any atom is -0.370 e. The van der Waals surface area contributed by atoms with Crippen LogP contribution >= 0.6 is 0 Å². The van der Waals surface area contributed by atoms with E-state index in [0.717, 1.165) is 19.4 Å². The standard InChI is InChI=1S/C13H22N4O2/c1-4-10(5-2)9-15-13-11(17(18)19)7-8-12(16-13)14-6-3/h7-8,10H,4-6,9H2,1-3H3,(H2,14,15,16). The predicted octanol–water partition coefficient (Wildman–Crippen LogP) is 3.27. The summed E-state index contributed by atoms with van der Waals surface area (Å²) in [7, 11) is 0. The Morgan fingerprint density at radius 1 is 1.26 bits per heavy atom. The first-order chi connectivity index (χ1) is 9.12. The molecule has 0 unspecified atom stereocenters. The third kappa shape index (κ3) is 4.39. The Hall–Kier alpha value is -1.85. The molecular formula is C13H22N4O2. The van der Waals surface area contributed by atoms with Crippen LogP contribution in [0.1, 0.15) is 33.6 Å². The number of hydrogen-bond acceptors (Lipinski definition) is 5. The smallest absolute Gasteiger partial charge is 0.311 e. The maximum atomic E-state index is 11.0. The van der Waals surface area contributed by atoms with Gasteiger partial charge in [-0.1, -0.05) is 26.7 Å². The summed E-state index contributed by atoms with van der Waals surface area (Å²) in [6.45, 7) is 7.63. The van der Waals surface area contributed by atoms with Crippen LogP contribution in [0.5, 0.6) is 0 Å².